The summed E-state index contributed by atoms with van der Waals surface area (Å²) in [7, 11) is 0. The standard InChI is InChI=1S/C26H39N5O/c1-5-27-26(28-16-19(2)25-20(3)29-32-21(25)4)31-15-13-24-23(18-31)12-9-14-30(24)17-22-10-7-6-8-11-22/h6-8,10-11,19,23-24H,5,9,12-18H2,1-4H3,(H,27,28). The fourth-order valence-corrected chi connectivity index (χ4v) is 5.65. The molecule has 2 aliphatic rings. The summed E-state index contributed by atoms with van der Waals surface area (Å²) in [6.07, 6.45) is 3.82. The zero-order valence-electron chi connectivity index (χ0n) is 20.2. The maximum atomic E-state index is 5.37. The average molecular weight is 438 g/mol. The molecule has 1 N–H and O–H groups in total. The Balaban J connectivity index is 1.41. The predicted molar refractivity (Wildman–Crippen MR) is 130 cm³/mol. The summed E-state index contributed by atoms with van der Waals surface area (Å²) in [6, 6.07) is 11.6. The van der Waals surface area contributed by atoms with Crippen molar-refractivity contribution in [1.29, 1.82) is 0 Å². The first-order valence-electron chi connectivity index (χ1n) is 12.3. The van der Waals surface area contributed by atoms with E-state index in [1.807, 2.05) is 13.8 Å². The van der Waals surface area contributed by atoms with Gasteiger partial charge in [-0.05, 0) is 58.1 Å². The highest BCUT2D eigenvalue weighted by Gasteiger charge is 2.36. The molecule has 1 aromatic heterocycles. The van der Waals surface area contributed by atoms with Gasteiger partial charge in [0.1, 0.15) is 5.76 Å². The molecule has 2 aliphatic heterocycles. The van der Waals surface area contributed by atoms with Crippen molar-refractivity contribution in [2.45, 2.75) is 65.5 Å². The summed E-state index contributed by atoms with van der Waals surface area (Å²) in [5.74, 6) is 2.98. The van der Waals surface area contributed by atoms with Crippen molar-refractivity contribution < 1.29 is 4.52 Å². The Labute approximate surface area is 193 Å². The molecular weight excluding hydrogens is 398 g/mol. The molecule has 0 saturated carbocycles. The summed E-state index contributed by atoms with van der Waals surface area (Å²) >= 11 is 0. The monoisotopic (exact) mass is 437 g/mol. The molecule has 0 radical (unpaired) electrons. The van der Waals surface area contributed by atoms with Crippen LogP contribution in [0.15, 0.2) is 39.8 Å². The molecule has 3 atom stereocenters. The van der Waals surface area contributed by atoms with Gasteiger partial charge in [0.25, 0.3) is 0 Å². The zero-order valence-corrected chi connectivity index (χ0v) is 20.2. The average Bonchev–Trinajstić information content (AvgIpc) is 3.15. The lowest BCUT2D eigenvalue weighted by Crippen LogP contribution is -2.56. The zero-order chi connectivity index (χ0) is 22.5. The Morgan fingerprint density at radius 1 is 1.22 bits per heavy atom. The number of guanidine groups is 1. The number of rotatable bonds is 6. The van der Waals surface area contributed by atoms with Crippen LogP contribution in [0.1, 0.15) is 61.6 Å². The van der Waals surface area contributed by atoms with E-state index in [9.17, 15) is 0 Å². The van der Waals surface area contributed by atoms with Gasteiger partial charge in [-0.15, -0.1) is 0 Å². The van der Waals surface area contributed by atoms with Gasteiger partial charge in [-0.2, -0.15) is 0 Å². The minimum Gasteiger partial charge on any atom is -0.361 e. The first kappa shape index (κ1) is 22.8. The summed E-state index contributed by atoms with van der Waals surface area (Å²) in [6.45, 7) is 14.5. The van der Waals surface area contributed by atoms with Gasteiger partial charge in [0.15, 0.2) is 5.96 Å². The molecule has 174 valence electrons. The van der Waals surface area contributed by atoms with E-state index in [0.29, 0.717) is 17.9 Å². The quantitative estimate of drug-likeness (QED) is 0.538. The van der Waals surface area contributed by atoms with Crippen molar-refractivity contribution in [2.24, 2.45) is 10.9 Å². The second kappa shape index (κ2) is 10.5. The fraction of sp³-hybridized carbons (Fsp3) is 0.615. The van der Waals surface area contributed by atoms with Gasteiger partial charge in [0.05, 0.1) is 5.69 Å². The number of nitrogens with one attached hydrogen (secondary N) is 1. The van der Waals surface area contributed by atoms with Crippen molar-refractivity contribution in [2.75, 3.05) is 32.7 Å². The first-order chi connectivity index (χ1) is 15.6. The Hall–Kier alpha value is -2.34. The van der Waals surface area contributed by atoms with E-state index in [2.05, 4.69) is 64.5 Å². The Morgan fingerprint density at radius 2 is 2.03 bits per heavy atom. The van der Waals surface area contributed by atoms with Crippen LogP contribution in [-0.4, -0.2) is 59.7 Å². The molecule has 6 nitrogen and oxygen atoms in total. The van der Waals surface area contributed by atoms with Gasteiger partial charge in [0, 0.05) is 50.2 Å². The third kappa shape index (κ3) is 5.17. The predicted octanol–water partition coefficient (Wildman–Crippen LogP) is 4.35. The molecule has 3 unspecified atom stereocenters. The summed E-state index contributed by atoms with van der Waals surface area (Å²) in [5, 5.41) is 7.67. The summed E-state index contributed by atoms with van der Waals surface area (Å²) < 4.78 is 5.37. The minimum atomic E-state index is 0.295. The molecule has 3 heterocycles. The van der Waals surface area contributed by atoms with Crippen LogP contribution in [0.3, 0.4) is 0 Å². The van der Waals surface area contributed by atoms with E-state index in [0.717, 1.165) is 50.1 Å². The Morgan fingerprint density at radius 3 is 2.75 bits per heavy atom. The number of aryl methyl sites for hydroxylation is 2. The molecular formula is C26H39N5O. The van der Waals surface area contributed by atoms with Crippen LogP contribution in [0.5, 0.6) is 0 Å². The number of aliphatic imine (C=N–C) groups is 1. The van der Waals surface area contributed by atoms with Gasteiger partial charge in [0.2, 0.25) is 0 Å². The van der Waals surface area contributed by atoms with E-state index >= 15 is 0 Å². The molecule has 2 aromatic rings. The van der Waals surface area contributed by atoms with Crippen molar-refractivity contribution in [3.63, 3.8) is 0 Å². The van der Waals surface area contributed by atoms with E-state index in [1.54, 1.807) is 0 Å². The minimum absolute atomic E-state index is 0.295. The number of likely N-dealkylation sites (tertiary alicyclic amines) is 2. The molecule has 0 spiro atoms. The molecule has 0 bridgehead atoms. The van der Waals surface area contributed by atoms with Crippen LogP contribution < -0.4 is 5.32 Å². The van der Waals surface area contributed by atoms with Crippen LogP contribution >= 0.6 is 0 Å². The maximum absolute atomic E-state index is 5.37. The van der Waals surface area contributed by atoms with Crippen molar-refractivity contribution in [3.05, 3.63) is 52.9 Å². The second-order valence-corrected chi connectivity index (χ2v) is 9.49. The van der Waals surface area contributed by atoms with Crippen molar-refractivity contribution >= 4 is 5.96 Å². The van der Waals surface area contributed by atoms with Gasteiger partial charge in [-0.25, -0.2) is 0 Å². The normalized spacial score (nSPS) is 23.1. The van der Waals surface area contributed by atoms with Crippen molar-refractivity contribution in [3.8, 4) is 0 Å². The third-order valence-electron chi connectivity index (χ3n) is 7.14. The van der Waals surface area contributed by atoms with Crippen LogP contribution in [0.25, 0.3) is 0 Å². The topological polar surface area (TPSA) is 56.9 Å². The van der Waals surface area contributed by atoms with Crippen LogP contribution in [0, 0.1) is 19.8 Å². The molecule has 6 heteroatoms. The number of hydrogen-bond acceptors (Lipinski definition) is 4. The molecule has 2 saturated heterocycles. The fourth-order valence-electron chi connectivity index (χ4n) is 5.65. The highest BCUT2D eigenvalue weighted by Crippen LogP contribution is 2.32. The molecule has 32 heavy (non-hydrogen) atoms. The van der Waals surface area contributed by atoms with Crippen LogP contribution in [0.4, 0.5) is 0 Å². The smallest absolute Gasteiger partial charge is 0.193 e. The van der Waals surface area contributed by atoms with Crippen LogP contribution in [0.2, 0.25) is 0 Å². The largest absolute Gasteiger partial charge is 0.361 e. The summed E-state index contributed by atoms with van der Waals surface area (Å²) in [5.41, 5.74) is 3.61. The van der Waals surface area contributed by atoms with Gasteiger partial charge >= 0.3 is 0 Å². The van der Waals surface area contributed by atoms with E-state index < -0.39 is 0 Å². The molecule has 1 aromatic carbocycles. The number of benzene rings is 1. The molecule has 0 aliphatic carbocycles. The van der Waals surface area contributed by atoms with E-state index in [4.69, 9.17) is 9.52 Å². The lowest BCUT2D eigenvalue weighted by Gasteiger charge is -2.48. The number of aromatic nitrogens is 1. The van der Waals surface area contributed by atoms with Crippen LogP contribution in [-0.2, 0) is 6.54 Å². The lowest BCUT2D eigenvalue weighted by atomic mass is 9.83. The maximum Gasteiger partial charge on any atom is 0.193 e. The third-order valence-corrected chi connectivity index (χ3v) is 7.14. The first-order valence-corrected chi connectivity index (χ1v) is 12.3. The van der Waals surface area contributed by atoms with Gasteiger partial charge < -0.3 is 14.7 Å². The highest BCUT2D eigenvalue weighted by molar-refractivity contribution is 5.80. The van der Waals surface area contributed by atoms with Gasteiger partial charge in [-0.1, -0.05) is 42.4 Å². The number of fused-ring (bicyclic) bond motifs is 1. The molecule has 0 amide bonds. The second-order valence-electron chi connectivity index (χ2n) is 9.49. The van der Waals surface area contributed by atoms with E-state index in [1.165, 1.54) is 36.9 Å². The van der Waals surface area contributed by atoms with E-state index in [-0.39, 0.29) is 0 Å². The Kier molecular flexibility index (Phi) is 7.51. The Bertz CT molecular complexity index is 873. The SMILES string of the molecule is CCNC(=NCC(C)c1c(C)noc1C)N1CCC2C(CCCN2Cc2ccccc2)C1. The number of hydrogen-bond donors (Lipinski definition) is 1. The molecule has 2 fully saturated rings. The number of nitrogens with zero attached hydrogens (tertiary/aromatic N) is 4. The highest BCUT2D eigenvalue weighted by atomic mass is 16.5. The molecule has 4 rings (SSSR count). The van der Waals surface area contributed by atoms with Crippen molar-refractivity contribution in [1.82, 2.24) is 20.3 Å². The number of piperidine rings is 2. The lowest BCUT2D eigenvalue weighted by molar-refractivity contribution is 0.0372. The van der Waals surface area contributed by atoms with Gasteiger partial charge in [-0.3, -0.25) is 9.89 Å². The summed E-state index contributed by atoms with van der Waals surface area (Å²) in [4.78, 5) is 10.3.